The SMILES string of the molecule is CC(C)c1noc(N2CCC(C(C)Oc3nn4cc(-c5ccc(S(C)(=O)=O)cc5F)nc4s3)CC2)n1. The largest absolute Gasteiger partial charge is 0.466 e. The summed E-state index contributed by atoms with van der Waals surface area (Å²) in [5.41, 5.74) is 0.587. The second-order valence-corrected chi connectivity index (χ2v) is 12.3. The van der Waals surface area contributed by atoms with Crippen molar-refractivity contribution in [2.45, 2.75) is 50.5 Å². The first-order valence-electron chi connectivity index (χ1n) is 11.7. The van der Waals surface area contributed by atoms with Gasteiger partial charge in [-0.3, -0.25) is 0 Å². The average molecular weight is 535 g/mol. The van der Waals surface area contributed by atoms with Gasteiger partial charge in [-0.1, -0.05) is 19.0 Å². The average Bonchev–Trinajstić information content (AvgIpc) is 3.54. The van der Waals surface area contributed by atoms with Gasteiger partial charge in [-0.15, -0.1) is 5.10 Å². The summed E-state index contributed by atoms with van der Waals surface area (Å²) < 4.78 is 51.0. The molecular weight excluding hydrogens is 507 g/mol. The van der Waals surface area contributed by atoms with Gasteiger partial charge in [-0.2, -0.15) is 4.98 Å². The zero-order chi connectivity index (χ0) is 25.6. The number of hydrogen-bond acceptors (Lipinski definition) is 10. The van der Waals surface area contributed by atoms with Crippen molar-refractivity contribution in [1.29, 1.82) is 0 Å². The van der Waals surface area contributed by atoms with Crippen molar-refractivity contribution in [3.63, 3.8) is 0 Å². The van der Waals surface area contributed by atoms with Gasteiger partial charge in [0.05, 0.1) is 16.8 Å². The molecule has 0 aliphatic carbocycles. The molecule has 0 bridgehead atoms. The lowest BCUT2D eigenvalue weighted by molar-refractivity contribution is 0.130. The standard InChI is InChI=1S/C23H27FN6O4S2/c1-13(2)20-26-21(34-28-20)29-9-7-15(8-10-29)14(3)33-23-27-30-12-19(25-22(30)35-23)17-6-5-16(11-18(17)24)36(4,31)32/h5-6,11-15H,7-10H2,1-4H3. The molecule has 4 heterocycles. The van der Waals surface area contributed by atoms with Crippen molar-refractivity contribution in [3.8, 4) is 16.5 Å². The quantitative estimate of drug-likeness (QED) is 0.344. The van der Waals surface area contributed by atoms with Gasteiger partial charge in [-0.25, -0.2) is 22.3 Å². The highest BCUT2D eigenvalue weighted by molar-refractivity contribution is 7.90. The van der Waals surface area contributed by atoms with Crippen LogP contribution in [0.4, 0.5) is 10.4 Å². The highest BCUT2D eigenvalue weighted by Crippen LogP contribution is 2.31. The number of aromatic nitrogens is 5. The highest BCUT2D eigenvalue weighted by atomic mass is 32.2. The van der Waals surface area contributed by atoms with Crippen LogP contribution in [0.15, 0.2) is 33.8 Å². The molecule has 1 aromatic carbocycles. The van der Waals surface area contributed by atoms with E-state index in [-0.39, 0.29) is 22.5 Å². The first kappa shape index (κ1) is 24.6. The Morgan fingerprint density at radius 3 is 2.56 bits per heavy atom. The van der Waals surface area contributed by atoms with Crippen LogP contribution in [0.1, 0.15) is 45.4 Å². The normalized spacial score (nSPS) is 16.2. The number of rotatable bonds is 7. The Labute approximate surface area is 212 Å². The number of ether oxygens (including phenoxy) is 1. The third-order valence-electron chi connectivity index (χ3n) is 6.38. The van der Waals surface area contributed by atoms with Crippen LogP contribution in [-0.2, 0) is 9.84 Å². The molecule has 1 saturated heterocycles. The fourth-order valence-electron chi connectivity index (χ4n) is 4.20. The van der Waals surface area contributed by atoms with E-state index in [9.17, 15) is 12.8 Å². The van der Waals surface area contributed by atoms with Crippen LogP contribution in [0.2, 0.25) is 0 Å². The van der Waals surface area contributed by atoms with Gasteiger partial charge >= 0.3 is 6.01 Å². The van der Waals surface area contributed by atoms with Gasteiger partial charge in [0.25, 0.3) is 5.19 Å². The fraction of sp³-hybridized carbons (Fsp3) is 0.478. The van der Waals surface area contributed by atoms with E-state index in [2.05, 4.69) is 25.1 Å². The third kappa shape index (κ3) is 4.94. The van der Waals surface area contributed by atoms with Crippen molar-refractivity contribution in [2.75, 3.05) is 24.2 Å². The van der Waals surface area contributed by atoms with Crippen LogP contribution in [0.5, 0.6) is 5.19 Å². The summed E-state index contributed by atoms with van der Waals surface area (Å²) in [6.45, 7) is 7.73. The van der Waals surface area contributed by atoms with Crippen molar-refractivity contribution < 1.29 is 22.1 Å². The molecule has 192 valence electrons. The van der Waals surface area contributed by atoms with Gasteiger partial charge < -0.3 is 14.2 Å². The minimum absolute atomic E-state index is 0.0441. The van der Waals surface area contributed by atoms with E-state index in [1.54, 1.807) is 10.7 Å². The maximum absolute atomic E-state index is 14.6. The van der Waals surface area contributed by atoms with E-state index >= 15 is 0 Å². The van der Waals surface area contributed by atoms with E-state index in [1.807, 2.05) is 20.8 Å². The summed E-state index contributed by atoms with van der Waals surface area (Å²) in [7, 11) is -3.49. The van der Waals surface area contributed by atoms with E-state index in [0.29, 0.717) is 27.8 Å². The van der Waals surface area contributed by atoms with Gasteiger partial charge in [-0.05, 0) is 55.2 Å². The van der Waals surface area contributed by atoms with Crippen LogP contribution in [0, 0.1) is 11.7 Å². The summed E-state index contributed by atoms with van der Waals surface area (Å²) in [6, 6.07) is 4.37. The lowest BCUT2D eigenvalue weighted by Crippen LogP contribution is -2.38. The zero-order valence-electron chi connectivity index (χ0n) is 20.4. The first-order chi connectivity index (χ1) is 17.1. The number of piperidine rings is 1. The molecule has 36 heavy (non-hydrogen) atoms. The predicted octanol–water partition coefficient (Wildman–Crippen LogP) is 4.19. The van der Waals surface area contributed by atoms with Crippen LogP contribution < -0.4 is 9.64 Å². The summed E-state index contributed by atoms with van der Waals surface area (Å²) in [4.78, 5) is 11.5. The Hall–Kier alpha value is -3.06. The summed E-state index contributed by atoms with van der Waals surface area (Å²) in [5.74, 6) is 0.641. The van der Waals surface area contributed by atoms with Crippen LogP contribution >= 0.6 is 11.3 Å². The number of benzene rings is 1. The second-order valence-electron chi connectivity index (χ2n) is 9.37. The van der Waals surface area contributed by atoms with E-state index in [4.69, 9.17) is 9.26 Å². The zero-order valence-corrected chi connectivity index (χ0v) is 22.0. The summed E-state index contributed by atoms with van der Waals surface area (Å²) in [6.07, 6.45) is 4.46. The molecule has 13 heteroatoms. The minimum atomic E-state index is -3.49. The van der Waals surface area contributed by atoms with E-state index < -0.39 is 15.7 Å². The highest BCUT2D eigenvalue weighted by Gasteiger charge is 2.28. The molecule has 0 saturated carbocycles. The molecule has 4 aromatic rings. The Morgan fingerprint density at radius 2 is 1.94 bits per heavy atom. The number of sulfone groups is 1. The summed E-state index contributed by atoms with van der Waals surface area (Å²) in [5, 5.41) is 8.99. The number of nitrogens with zero attached hydrogens (tertiary/aromatic N) is 6. The molecule has 10 nitrogen and oxygen atoms in total. The topological polar surface area (TPSA) is 116 Å². The van der Waals surface area contributed by atoms with Crippen LogP contribution in [0.3, 0.4) is 0 Å². The van der Waals surface area contributed by atoms with E-state index in [1.165, 1.54) is 23.5 Å². The fourth-order valence-corrected chi connectivity index (χ4v) is 5.65. The Kier molecular flexibility index (Phi) is 6.45. The lowest BCUT2D eigenvalue weighted by Gasteiger charge is -2.33. The number of fused-ring (bicyclic) bond motifs is 1. The van der Waals surface area contributed by atoms with Crippen molar-refractivity contribution in [1.82, 2.24) is 24.7 Å². The molecule has 1 fully saturated rings. The number of anilines is 1. The molecular formula is C23H27FN6O4S2. The smallest absolute Gasteiger partial charge is 0.324 e. The molecule has 5 rings (SSSR count). The van der Waals surface area contributed by atoms with Gasteiger partial charge in [0.2, 0.25) is 4.96 Å². The maximum atomic E-state index is 14.6. The van der Waals surface area contributed by atoms with Gasteiger partial charge in [0.15, 0.2) is 15.7 Å². The van der Waals surface area contributed by atoms with Gasteiger partial charge in [0, 0.05) is 30.8 Å². The van der Waals surface area contributed by atoms with Crippen molar-refractivity contribution in [3.05, 3.63) is 36.0 Å². The van der Waals surface area contributed by atoms with Crippen molar-refractivity contribution in [2.24, 2.45) is 5.92 Å². The Bertz CT molecular complexity index is 1460. The lowest BCUT2D eigenvalue weighted by atomic mass is 9.92. The number of halogens is 1. The molecule has 0 radical (unpaired) electrons. The molecule has 1 unspecified atom stereocenters. The minimum Gasteiger partial charge on any atom is -0.466 e. The molecule has 1 aliphatic heterocycles. The Morgan fingerprint density at radius 1 is 1.19 bits per heavy atom. The van der Waals surface area contributed by atoms with Crippen molar-refractivity contribution >= 4 is 32.1 Å². The van der Waals surface area contributed by atoms with Crippen LogP contribution in [0.25, 0.3) is 16.2 Å². The molecule has 1 aliphatic rings. The second kappa shape index (κ2) is 9.43. The van der Waals surface area contributed by atoms with E-state index in [0.717, 1.165) is 44.1 Å². The van der Waals surface area contributed by atoms with Gasteiger partial charge in [0.1, 0.15) is 11.9 Å². The molecule has 0 N–H and O–H groups in total. The number of hydrogen-bond donors (Lipinski definition) is 0. The number of imidazole rings is 1. The molecule has 0 amide bonds. The summed E-state index contributed by atoms with van der Waals surface area (Å²) >= 11 is 1.28. The maximum Gasteiger partial charge on any atom is 0.324 e. The molecule has 1 atom stereocenters. The molecule has 3 aromatic heterocycles. The predicted molar refractivity (Wildman–Crippen MR) is 133 cm³/mol. The van der Waals surface area contributed by atoms with Crippen LogP contribution in [-0.4, -0.2) is 58.6 Å². The monoisotopic (exact) mass is 534 g/mol. The third-order valence-corrected chi connectivity index (χ3v) is 8.30. The molecule has 0 spiro atoms. The first-order valence-corrected chi connectivity index (χ1v) is 14.4. The Balaban J connectivity index is 1.22.